The molecule has 0 bridgehead atoms. The van der Waals surface area contributed by atoms with Crippen molar-refractivity contribution >= 4 is 21.4 Å². The van der Waals surface area contributed by atoms with E-state index in [9.17, 15) is 13.5 Å². The molecule has 0 saturated carbocycles. The molecule has 1 unspecified atom stereocenters. The molecule has 0 aliphatic heterocycles. The van der Waals surface area contributed by atoms with Crippen LogP contribution in [0.2, 0.25) is 0 Å². The smallest absolute Gasteiger partial charge is 0.241 e. The summed E-state index contributed by atoms with van der Waals surface area (Å²) in [5.74, 6) is 0. The molecule has 0 spiro atoms. The number of hydrogen-bond acceptors (Lipinski definition) is 4. The zero-order valence-electron chi connectivity index (χ0n) is 12.3. The maximum Gasteiger partial charge on any atom is 0.241 e. The molecule has 0 aliphatic carbocycles. The van der Waals surface area contributed by atoms with Crippen LogP contribution >= 0.6 is 11.3 Å². The van der Waals surface area contributed by atoms with Crippen LogP contribution < -0.4 is 4.72 Å². The van der Waals surface area contributed by atoms with Crippen molar-refractivity contribution in [2.45, 2.75) is 38.3 Å². The minimum atomic E-state index is -3.60. The van der Waals surface area contributed by atoms with Crippen molar-refractivity contribution < 1.29 is 13.5 Å². The summed E-state index contributed by atoms with van der Waals surface area (Å²) in [7, 11) is -3.60. The summed E-state index contributed by atoms with van der Waals surface area (Å²) in [4.78, 5) is 2.30. The summed E-state index contributed by atoms with van der Waals surface area (Å²) in [6.07, 6.45) is 0. The highest BCUT2D eigenvalue weighted by atomic mass is 32.2. The first-order valence-electron chi connectivity index (χ1n) is 6.62. The minimum absolute atomic E-state index is 0.172. The average molecular weight is 325 g/mol. The Kier molecular flexibility index (Phi) is 4.83. The lowest BCUT2D eigenvalue weighted by Gasteiger charge is -2.14. The monoisotopic (exact) mass is 325 g/mol. The summed E-state index contributed by atoms with van der Waals surface area (Å²) in [5, 5.41) is 9.26. The zero-order chi connectivity index (χ0) is 15.6. The van der Waals surface area contributed by atoms with E-state index in [0.29, 0.717) is 5.56 Å². The number of aryl methyl sites for hydroxylation is 2. The molecule has 2 rings (SSSR count). The number of aliphatic hydroxyl groups excluding tert-OH is 1. The third-order valence-corrected chi connectivity index (χ3v) is 6.04. The molecule has 4 nitrogen and oxygen atoms in total. The van der Waals surface area contributed by atoms with E-state index in [0.717, 1.165) is 15.3 Å². The SMILES string of the molecule is Cc1ccc(C(C)NS(=O)(=O)c2ccc(C)c(CO)c2)s1. The fourth-order valence-electron chi connectivity index (χ4n) is 2.03. The number of rotatable bonds is 5. The lowest BCUT2D eigenvalue weighted by molar-refractivity contribution is 0.280. The predicted octanol–water partition coefficient (Wildman–Crippen LogP) is 2.90. The Morgan fingerprint density at radius 2 is 1.95 bits per heavy atom. The maximum atomic E-state index is 12.4. The second kappa shape index (κ2) is 6.27. The van der Waals surface area contributed by atoms with Gasteiger partial charge in [-0.15, -0.1) is 11.3 Å². The van der Waals surface area contributed by atoms with E-state index in [4.69, 9.17) is 0 Å². The van der Waals surface area contributed by atoms with Crippen LogP contribution in [-0.4, -0.2) is 13.5 Å². The van der Waals surface area contributed by atoms with E-state index in [1.807, 2.05) is 32.9 Å². The summed E-state index contributed by atoms with van der Waals surface area (Å²) < 4.78 is 27.5. The van der Waals surface area contributed by atoms with Gasteiger partial charge in [-0.1, -0.05) is 6.07 Å². The van der Waals surface area contributed by atoms with Gasteiger partial charge in [0.1, 0.15) is 0 Å². The second-order valence-corrected chi connectivity index (χ2v) is 8.07. The molecule has 2 aromatic rings. The molecule has 0 saturated heterocycles. The minimum Gasteiger partial charge on any atom is -0.392 e. The van der Waals surface area contributed by atoms with E-state index < -0.39 is 10.0 Å². The normalized spacial score (nSPS) is 13.3. The molecule has 0 fully saturated rings. The molecule has 0 amide bonds. The lowest BCUT2D eigenvalue weighted by atomic mass is 10.1. The van der Waals surface area contributed by atoms with Crippen LogP contribution in [0.1, 0.15) is 33.8 Å². The van der Waals surface area contributed by atoms with Gasteiger partial charge in [0.2, 0.25) is 10.0 Å². The predicted molar refractivity (Wildman–Crippen MR) is 84.9 cm³/mol. The van der Waals surface area contributed by atoms with Crippen molar-refractivity contribution in [3.05, 3.63) is 51.2 Å². The Morgan fingerprint density at radius 3 is 2.52 bits per heavy atom. The van der Waals surface area contributed by atoms with Gasteiger partial charge in [0, 0.05) is 9.75 Å². The number of hydrogen-bond donors (Lipinski definition) is 2. The number of sulfonamides is 1. The number of nitrogens with one attached hydrogen (secondary N) is 1. The zero-order valence-corrected chi connectivity index (χ0v) is 13.9. The number of thiophene rings is 1. The van der Waals surface area contributed by atoms with Gasteiger partial charge >= 0.3 is 0 Å². The van der Waals surface area contributed by atoms with Crippen LogP contribution in [0.3, 0.4) is 0 Å². The van der Waals surface area contributed by atoms with Crippen molar-refractivity contribution in [2.24, 2.45) is 0 Å². The van der Waals surface area contributed by atoms with Gasteiger partial charge in [0.15, 0.2) is 0 Å². The van der Waals surface area contributed by atoms with Crippen LogP contribution in [0, 0.1) is 13.8 Å². The highest BCUT2D eigenvalue weighted by molar-refractivity contribution is 7.89. The first-order valence-corrected chi connectivity index (χ1v) is 8.92. The van der Waals surface area contributed by atoms with E-state index in [1.165, 1.54) is 6.07 Å². The Bertz CT molecular complexity index is 735. The standard InChI is InChI=1S/C15H19NO3S2/c1-10-4-6-14(8-13(10)9-17)21(18,19)16-12(3)15-7-5-11(2)20-15/h4-8,12,16-17H,9H2,1-3H3. The summed E-state index contributed by atoms with van der Waals surface area (Å²) in [6.45, 7) is 5.48. The maximum absolute atomic E-state index is 12.4. The molecule has 6 heteroatoms. The molecule has 1 heterocycles. The third kappa shape index (κ3) is 3.71. The third-order valence-electron chi connectivity index (χ3n) is 3.32. The molecular formula is C15H19NO3S2. The largest absolute Gasteiger partial charge is 0.392 e. The van der Waals surface area contributed by atoms with Crippen LogP contribution in [0.25, 0.3) is 0 Å². The van der Waals surface area contributed by atoms with Crippen LogP contribution in [-0.2, 0) is 16.6 Å². The Hall–Kier alpha value is -1.21. The fraction of sp³-hybridized carbons (Fsp3) is 0.333. The molecule has 0 aliphatic rings. The summed E-state index contributed by atoms with van der Waals surface area (Å²) in [6, 6.07) is 8.41. The highest BCUT2D eigenvalue weighted by Gasteiger charge is 2.20. The average Bonchev–Trinajstić information content (AvgIpc) is 2.85. The van der Waals surface area contributed by atoms with Gasteiger partial charge in [-0.25, -0.2) is 13.1 Å². The number of benzene rings is 1. The molecule has 1 atom stereocenters. The molecular weight excluding hydrogens is 306 g/mol. The molecule has 21 heavy (non-hydrogen) atoms. The van der Waals surface area contributed by atoms with E-state index in [-0.39, 0.29) is 17.5 Å². The van der Waals surface area contributed by atoms with Gasteiger partial charge in [0.05, 0.1) is 17.5 Å². The van der Waals surface area contributed by atoms with Crippen molar-refractivity contribution in [3.63, 3.8) is 0 Å². The van der Waals surface area contributed by atoms with Gasteiger partial charge in [0.25, 0.3) is 0 Å². The summed E-state index contributed by atoms with van der Waals surface area (Å²) in [5.41, 5.74) is 1.50. The number of aliphatic hydroxyl groups is 1. The Labute approximate surface area is 129 Å². The molecule has 1 aromatic carbocycles. The van der Waals surface area contributed by atoms with Gasteiger partial charge < -0.3 is 5.11 Å². The molecule has 0 radical (unpaired) electrons. The van der Waals surface area contributed by atoms with Crippen molar-refractivity contribution in [1.82, 2.24) is 4.72 Å². The van der Waals surface area contributed by atoms with Crippen molar-refractivity contribution in [3.8, 4) is 0 Å². The van der Waals surface area contributed by atoms with Crippen LogP contribution in [0.15, 0.2) is 35.2 Å². The van der Waals surface area contributed by atoms with Crippen LogP contribution in [0.4, 0.5) is 0 Å². The molecule has 114 valence electrons. The second-order valence-electron chi connectivity index (χ2n) is 5.04. The van der Waals surface area contributed by atoms with E-state index in [1.54, 1.807) is 23.5 Å². The van der Waals surface area contributed by atoms with E-state index >= 15 is 0 Å². The first-order chi connectivity index (χ1) is 9.83. The lowest BCUT2D eigenvalue weighted by Crippen LogP contribution is -2.26. The Morgan fingerprint density at radius 1 is 1.24 bits per heavy atom. The van der Waals surface area contributed by atoms with Gasteiger partial charge in [-0.3, -0.25) is 0 Å². The topological polar surface area (TPSA) is 66.4 Å². The Balaban J connectivity index is 2.26. The fourth-order valence-corrected chi connectivity index (χ4v) is 4.26. The quantitative estimate of drug-likeness (QED) is 0.888. The van der Waals surface area contributed by atoms with E-state index in [2.05, 4.69) is 4.72 Å². The van der Waals surface area contributed by atoms with Crippen molar-refractivity contribution in [2.75, 3.05) is 0 Å². The molecule has 1 aromatic heterocycles. The van der Waals surface area contributed by atoms with Crippen molar-refractivity contribution in [1.29, 1.82) is 0 Å². The summed E-state index contributed by atoms with van der Waals surface area (Å²) >= 11 is 1.57. The first kappa shape index (κ1) is 16.2. The van der Waals surface area contributed by atoms with Gasteiger partial charge in [-0.2, -0.15) is 0 Å². The molecule has 2 N–H and O–H groups in total. The highest BCUT2D eigenvalue weighted by Crippen LogP contribution is 2.24. The van der Waals surface area contributed by atoms with Gasteiger partial charge in [-0.05, 0) is 56.2 Å². The van der Waals surface area contributed by atoms with Crippen LogP contribution in [0.5, 0.6) is 0 Å².